The molecule has 1 saturated heterocycles. The summed E-state index contributed by atoms with van der Waals surface area (Å²) in [4.78, 5) is 27.1. The predicted molar refractivity (Wildman–Crippen MR) is 83.6 cm³/mol. The summed E-state index contributed by atoms with van der Waals surface area (Å²) < 4.78 is 7.43. The van der Waals surface area contributed by atoms with Gasteiger partial charge in [-0.1, -0.05) is 0 Å². The van der Waals surface area contributed by atoms with Crippen molar-refractivity contribution in [3.63, 3.8) is 0 Å². The van der Waals surface area contributed by atoms with Crippen LogP contribution in [0, 0.1) is 6.92 Å². The van der Waals surface area contributed by atoms with Crippen LogP contribution in [0.25, 0.3) is 0 Å². The molecule has 0 aliphatic carbocycles. The van der Waals surface area contributed by atoms with Crippen LogP contribution >= 0.6 is 0 Å². The summed E-state index contributed by atoms with van der Waals surface area (Å²) in [6.07, 6.45) is 10.3. The van der Waals surface area contributed by atoms with Crippen LogP contribution in [-0.4, -0.2) is 56.1 Å². The zero-order valence-corrected chi connectivity index (χ0v) is 13.3. The normalized spacial score (nSPS) is 18.1. The van der Waals surface area contributed by atoms with Gasteiger partial charge in [-0.05, 0) is 19.8 Å². The molecular formula is C16H21N5O2. The third-order valence-corrected chi connectivity index (χ3v) is 4.13. The monoisotopic (exact) mass is 315 g/mol. The zero-order valence-electron chi connectivity index (χ0n) is 13.3. The van der Waals surface area contributed by atoms with Crippen molar-refractivity contribution in [3.8, 4) is 0 Å². The average Bonchev–Trinajstić information content (AvgIpc) is 2.99. The molecule has 3 rings (SSSR count). The molecule has 1 unspecified atom stereocenters. The van der Waals surface area contributed by atoms with Crippen molar-refractivity contribution in [3.05, 3.63) is 42.5 Å². The molecule has 0 N–H and O–H groups in total. The van der Waals surface area contributed by atoms with Crippen LogP contribution in [0.2, 0.25) is 0 Å². The summed E-state index contributed by atoms with van der Waals surface area (Å²) in [5, 5.41) is 0. The second-order valence-corrected chi connectivity index (χ2v) is 5.65. The molecule has 122 valence electrons. The van der Waals surface area contributed by atoms with Gasteiger partial charge in [0.1, 0.15) is 12.4 Å². The fourth-order valence-corrected chi connectivity index (χ4v) is 2.80. The second kappa shape index (κ2) is 7.32. The molecule has 7 heteroatoms. The van der Waals surface area contributed by atoms with Gasteiger partial charge in [0.15, 0.2) is 0 Å². The Morgan fingerprint density at radius 1 is 1.35 bits per heavy atom. The topological polar surface area (TPSA) is 73.1 Å². The average molecular weight is 315 g/mol. The summed E-state index contributed by atoms with van der Waals surface area (Å²) in [7, 11) is 0. The third kappa shape index (κ3) is 3.92. The van der Waals surface area contributed by atoms with E-state index in [-0.39, 0.29) is 11.9 Å². The number of amides is 1. The lowest BCUT2D eigenvalue weighted by Gasteiger charge is -2.36. The second-order valence-electron chi connectivity index (χ2n) is 5.65. The van der Waals surface area contributed by atoms with Crippen molar-refractivity contribution in [1.82, 2.24) is 24.4 Å². The minimum absolute atomic E-state index is 0.0853. The van der Waals surface area contributed by atoms with Gasteiger partial charge >= 0.3 is 0 Å². The number of aromatic nitrogens is 4. The lowest BCUT2D eigenvalue weighted by molar-refractivity contribution is -0.140. The lowest BCUT2D eigenvalue weighted by atomic mass is 10.1. The van der Waals surface area contributed by atoms with Crippen LogP contribution in [0.15, 0.2) is 31.0 Å². The van der Waals surface area contributed by atoms with Gasteiger partial charge in [0.2, 0.25) is 5.91 Å². The predicted octanol–water partition coefficient (Wildman–Crippen LogP) is 0.842. The van der Waals surface area contributed by atoms with E-state index in [1.165, 1.54) is 0 Å². The van der Waals surface area contributed by atoms with E-state index >= 15 is 0 Å². The van der Waals surface area contributed by atoms with Crippen molar-refractivity contribution >= 4 is 5.91 Å². The molecule has 1 amide bonds. The van der Waals surface area contributed by atoms with E-state index < -0.39 is 0 Å². The van der Waals surface area contributed by atoms with Crippen LogP contribution in [-0.2, 0) is 22.5 Å². The molecule has 1 aliphatic heterocycles. The maximum atomic E-state index is 12.6. The van der Waals surface area contributed by atoms with E-state index in [1.807, 2.05) is 22.6 Å². The maximum Gasteiger partial charge on any atom is 0.242 e. The molecule has 1 atom stereocenters. The fourth-order valence-electron chi connectivity index (χ4n) is 2.80. The summed E-state index contributed by atoms with van der Waals surface area (Å²) >= 11 is 0. The van der Waals surface area contributed by atoms with Crippen LogP contribution in [0.1, 0.15) is 17.9 Å². The zero-order chi connectivity index (χ0) is 16.1. The number of aryl methyl sites for hydroxylation is 2. The van der Waals surface area contributed by atoms with Crippen molar-refractivity contribution in [1.29, 1.82) is 0 Å². The Morgan fingerprint density at radius 2 is 2.26 bits per heavy atom. The Balaban J connectivity index is 1.61. The molecule has 0 saturated carbocycles. The number of rotatable bonds is 5. The first-order valence-corrected chi connectivity index (χ1v) is 7.84. The first-order valence-electron chi connectivity index (χ1n) is 7.84. The highest BCUT2D eigenvalue weighted by atomic mass is 16.5. The van der Waals surface area contributed by atoms with Gasteiger partial charge in [-0.15, -0.1) is 0 Å². The Labute approximate surface area is 135 Å². The lowest BCUT2D eigenvalue weighted by Crippen LogP contribution is -2.50. The Morgan fingerprint density at radius 3 is 3.00 bits per heavy atom. The standard InChI is InChI=1S/C16H21N5O2/c1-13-18-6-7-20(13)11-16(22)21-8-9-23-12-15(21)3-2-14-10-17-4-5-19-14/h4-7,10,15H,2-3,8-9,11-12H2,1H3. The van der Waals surface area contributed by atoms with Crippen molar-refractivity contribution in [2.24, 2.45) is 0 Å². The number of hydrogen-bond donors (Lipinski definition) is 0. The van der Waals surface area contributed by atoms with Crippen molar-refractivity contribution in [2.75, 3.05) is 19.8 Å². The highest BCUT2D eigenvalue weighted by Gasteiger charge is 2.27. The maximum absolute atomic E-state index is 12.6. The van der Waals surface area contributed by atoms with Crippen LogP contribution in [0.5, 0.6) is 0 Å². The molecule has 1 fully saturated rings. The minimum Gasteiger partial charge on any atom is -0.377 e. The Kier molecular flexibility index (Phi) is 4.97. The third-order valence-electron chi connectivity index (χ3n) is 4.13. The minimum atomic E-state index is 0.0853. The first kappa shape index (κ1) is 15.6. The van der Waals surface area contributed by atoms with E-state index in [2.05, 4.69) is 15.0 Å². The van der Waals surface area contributed by atoms with E-state index in [1.54, 1.807) is 24.8 Å². The van der Waals surface area contributed by atoms with Gasteiger partial charge < -0.3 is 14.2 Å². The van der Waals surface area contributed by atoms with Gasteiger partial charge in [0, 0.05) is 37.5 Å². The number of carbonyl (C=O) groups is 1. The number of nitrogens with zero attached hydrogens (tertiary/aromatic N) is 5. The summed E-state index contributed by atoms with van der Waals surface area (Å²) in [5.74, 6) is 0.960. The smallest absolute Gasteiger partial charge is 0.242 e. The highest BCUT2D eigenvalue weighted by Crippen LogP contribution is 2.14. The van der Waals surface area contributed by atoms with Gasteiger partial charge in [0.25, 0.3) is 0 Å². The fraction of sp³-hybridized carbons (Fsp3) is 0.500. The van der Waals surface area contributed by atoms with E-state index in [4.69, 9.17) is 4.74 Å². The van der Waals surface area contributed by atoms with Gasteiger partial charge in [-0.2, -0.15) is 0 Å². The number of imidazole rings is 1. The van der Waals surface area contributed by atoms with Crippen LogP contribution in [0.4, 0.5) is 0 Å². The number of hydrogen-bond acceptors (Lipinski definition) is 5. The first-order chi connectivity index (χ1) is 11.2. The summed E-state index contributed by atoms with van der Waals surface area (Å²) in [5.41, 5.74) is 0.941. The van der Waals surface area contributed by atoms with Crippen LogP contribution < -0.4 is 0 Å². The van der Waals surface area contributed by atoms with E-state index in [9.17, 15) is 4.79 Å². The largest absolute Gasteiger partial charge is 0.377 e. The molecule has 0 spiro atoms. The SMILES string of the molecule is Cc1nccn1CC(=O)N1CCOCC1CCc1cnccn1. The Bertz CT molecular complexity index is 643. The molecule has 23 heavy (non-hydrogen) atoms. The van der Waals surface area contributed by atoms with Crippen molar-refractivity contribution < 1.29 is 9.53 Å². The molecule has 7 nitrogen and oxygen atoms in total. The molecule has 0 bridgehead atoms. The number of ether oxygens (including phenoxy) is 1. The Hall–Kier alpha value is -2.28. The molecule has 1 aliphatic rings. The van der Waals surface area contributed by atoms with Gasteiger partial charge in [-0.3, -0.25) is 14.8 Å². The molecule has 2 aromatic rings. The quantitative estimate of drug-likeness (QED) is 0.817. The van der Waals surface area contributed by atoms with Crippen molar-refractivity contribution in [2.45, 2.75) is 32.4 Å². The van der Waals surface area contributed by atoms with Gasteiger partial charge in [0.05, 0.1) is 24.9 Å². The van der Waals surface area contributed by atoms with E-state index in [0.29, 0.717) is 26.3 Å². The number of carbonyl (C=O) groups excluding carboxylic acids is 1. The van der Waals surface area contributed by atoms with Gasteiger partial charge in [-0.25, -0.2) is 4.98 Å². The molecule has 2 aromatic heterocycles. The molecule has 0 radical (unpaired) electrons. The summed E-state index contributed by atoms with van der Waals surface area (Å²) in [6.45, 7) is 4.04. The van der Waals surface area contributed by atoms with E-state index in [0.717, 1.165) is 24.4 Å². The molecule has 0 aromatic carbocycles. The number of morpholine rings is 1. The molecular weight excluding hydrogens is 294 g/mol. The van der Waals surface area contributed by atoms with Crippen LogP contribution in [0.3, 0.4) is 0 Å². The highest BCUT2D eigenvalue weighted by molar-refractivity contribution is 5.76. The summed E-state index contributed by atoms with van der Waals surface area (Å²) in [6, 6.07) is 0.0853. The molecule has 3 heterocycles.